The van der Waals surface area contributed by atoms with E-state index in [0.717, 1.165) is 4.47 Å². The Morgan fingerprint density at radius 2 is 1.52 bits per heavy atom. The molecule has 0 saturated carbocycles. The minimum Gasteiger partial charge on any atom is -0.363 e. The van der Waals surface area contributed by atoms with Gasteiger partial charge in [0.05, 0.1) is 5.56 Å². The molecule has 6 heteroatoms. The average Bonchev–Trinajstić information content (AvgIpc) is 2.55. The van der Waals surface area contributed by atoms with Crippen molar-refractivity contribution in [3.05, 3.63) is 64.1 Å². The van der Waals surface area contributed by atoms with Crippen LogP contribution in [0.25, 0.3) is 0 Å². The van der Waals surface area contributed by atoms with Crippen molar-refractivity contribution in [1.29, 1.82) is 0 Å². The third kappa shape index (κ3) is 3.22. The number of piperazine rings is 1. The van der Waals surface area contributed by atoms with E-state index in [2.05, 4.69) is 15.9 Å². The van der Waals surface area contributed by atoms with E-state index in [9.17, 15) is 13.6 Å². The highest BCUT2D eigenvalue weighted by Crippen LogP contribution is 2.25. The molecule has 2 aromatic rings. The zero-order valence-electron chi connectivity index (χ0n) is 12.3. The number of rotatable bonds is 2. The number of anilines is 1. The van der Waals surface area contributed by atoms with Crippen LogP contribution in [-0.4, -0.2) is 37.0 Å². The molecule has 1 aliphatic rings. The van der Waals surface area contributed by atoms with Gasteiger partial charge < -0.3 is 9.80 Å². The van der Waals surface area contributed by atoms with Crippen LogP contribution in [-0.2, 0) is 0 Å². The number of nitrogens with zero attached hydrogens (tertiary/aromatic N) is 2. The number of amides is 1. The number of hydrogen-bond acceptors (Lipinski definition) is 2. The Hall–Kier alpha value is -1.95. The molecule has 0 spiro atoms. The monoisotopic (exact) mass is 380 g/mol. The quantitative estimate of drug-likeness (QED) is 0.792. The van der Waals surface area contributed by atoms with Crippen LogP contribution in [0, 0.1) is 11.6 Å². The molecular weight excluding hydrogens is 366 g/mol. The molecule has 0 N–H and O–H groups in total. The van der Waals surface area contributed by atoms with Crippen LogP contribution in [0.4, 0.5) is 14.5 Å². The van der Waals surface area contributed by atoms with E-state index in [0.29, 0.717) is 31.7 Å². The Kier molecular flexibility index (Phi) is 4.61. The Morgan fingerprint density at radius 3 is 2.13 bits per heavy atom. The molecule has 1 saturated heterocycles. The predicted molar refractivity (Wildman–Crippen MR) is 88.6 cm³/mol. The van der Waals surface area contributed by atoms with E-state index in [1.165, 1.54) is 18.2 Å². The Bertz CT molecular complexity index is 710. The van der Waals surface area contributed by atoms with Gasteiger partial charge in [-0.05, 0) is 40.2 Å². The normalized spacial score (nSPS) is 14.9. The van der Waals surface area contributed by atoms with Gasteiger partial charge in [0.15, 0.2) is 0 Å². The summed E-state index contributed by atoms with van der Waals surface area (Å²) in [6.07, 6.45) is 0. The zero-order chi connectivity index (χ0) is 16.4. The largest absolute Gasteiger partial charge is 0.363 e. The first kappa shape index (κ1) is 15.9. The zero-order valence-corrected chi connectivity index (χ0v) is 13.9. The molecule has 0 aromatic heterocycles. The second-order valence-electron chi connectivity index (χ2n) is 5.33. The van der Waals surface area contributed by atoms with Crippen LogP contribution in [0.15, 0.2) is 46.9 Å². The van der Waals surface area contributed by atoms with Crippen LogP contribution in [0.1, 0.15) is 10.4 Å². The highest BCUT2D eigenvalue weighted by molar-refractivity contribution is 9.10. The summed E-state index contributed by atoms with van der Waals surface area (Å²) in [7, 11) is 0. The summed E-state index contributed by atoms with van der Waals surface area (Å²) < 4.78 is 28.4. The lowest BCUT2D eigenvalue weighted by Gasteiger charge is -2.36. The smallest absolute Gasteiger partial charge is 0.255 e. The molecule has 23 heavy (non-hydrogen) atoms. The fourth-order valence-corrected chi connectivity index (χ4v) is 3.18. The molecule has 2 aromatic carbocycles. The van der Waals surface area contributed by atoms with E-state index in [1.807, 2.05) is 18.2 Å². The van der Waals surface area contributed by atoms with Gasteiger partial charge in [-0.2, -0.15) is 0 Å². The molecule has 0 bridgehead atoms. The summed E-state index contributed by atoms with van der Waals surface area (Å²) in [4.78, 5) is 15.9. The fourth-order valence-electron chi connectivity index (χ4n) is 2.73. The number of hydrogen-bond donors (Lipinski definition) is 0. The first-order valence-electron chi connectivity index (χ1n) is 7.30. The third-order valence-corrected chi connectivity index (χ3v) is 4.62. The number of carbonyl (C=O) groups excluding carboxylic acids is 1. The number of para-hydroxylation sites is 1. The van der Waals surface area contributed by atoms with Gasteiger partial charge in [0.2, 0.25) is 0 Å². The molecular formula is C17H15BrF2N2O. The van der Waals surface area contributed by atoms with E-state index < -0.39 is 11.6 Å². The van der Waals surface area contributed by atoms with Gasteiger partial charge in [-0.3, -0.25) is 4.79 Å². The van der Waals surface area contributed by atoms with Crippen molar-refractivity contribution in [2.75, 3.05) is 31.1 Å². The van der Waals surface area contributed by atoms with E-state index in [1.54, 1.807) is 15.9 Å². The second kappa shape index (κ2) is 6.66. The van der Waals surface area contributed by atoms with Crippen LogP contribution in [0.5, 0.6) is 0 Å². The summed E-state index contributed by atoms with van der Waals surface area (Å²) >= 11 is 3.37. The lowest BCUT2D eigenvalue weighted by Crippen LogP contribution is -2.49. The summed E-state index contributed by atoms with van der Waals surface area (Å²) in [6, 6.07) is 11.1. The Labute approximate surface area is 141 Å². The minimum atomic E-state index is -0.574. The first-order chi connectivity index (χ1) is 11.1. The maximum atomic E-state index is 13.8. The molecule has 1 fully saturated rings. The molecule has 0 atom stereocenters. The van der Waals surface area contributed by atoms with E-state index in [-0.39, 0.29) is 11.6 Å². The fraction of sp³-hybridized carbons (Fsp3) is 0.235. The van der Waals surface area contributed by atoms with Crippen molar-refractivity contribution < 1.29 is 13.6 Å². The second-order valence-corrected chi connectivity index (χ2v) is 6.18. The van der Waals surface area contributed by atoms with Crippen molar-refractivity contribution in [2.45, 2.75) is 0 Å². The molecule has 1 heterocycles. The van der Waals surface area contributed by atoms with E-state index in [4.69, 9.17) is 0 Å². The van der Waals surface area contributed by atoms with Gasteiger partial charge in [0.1, 0.15) is 17.3 Å². The minimum absolute atomic E-state index is 0.0134. The third-order valence-electron chi connectivity index (χ3n) is 3.92. The van der Waals surface area contributed by atoms with Crippen molar-refractivity contribution in [3.8, 4) is 0 Å². The molecule has 0 unspecified atom stereocenters. The molecule has 0 radical (unpaired) electrons. The number of carbonyl (C=O) groups is 1. The number of benzene rings is 2. The topological polar surface area (TPSA) is 23.6 Å². The van der Waals surface area contributed by atoms with E-state index >= 15 is 0 Å². The molecule has 3 rings (SSSR count). The lowest BCUT2D eigenvalue weighted by atomic mass is 10.1. The summed E-state index contributed by atoms with van der Waals surface area (Å²) in [5.74, 6) is -1.22. The van der Waals surface area contributed by atoms with Gasteiger partial charge in [-0.25, -0.2) is 8.78 Å². The lowest BCUT2D eigenvalue weighted by molar-refractivity contribution is 0.0745. The van der Waals surface area contributed by atoms with Gasteiger partial charge in [-0.15, -0.1) is 0 Å². The maximum Gasteiger partial charge on any atom is 0.255 e. The maximum absolute atomic E-state index is 13.8. The SMILES string of the molecule is O=C(c1ccccc1Br)N1CCN(c2c(F)cccc2F)CC1. The number of halogens is 3. The molecule has 0 aliphatic carbocycles. The molecule has 120 valence electrons. The Balaban J connectivity index is 1.72. The molecule has 1 amide bonds. The van der Waals surface area contributed by atoms with Crippen LogP contribution >= 0.6 is 15.9 Å². The predicted octanol–water partition coefficient (Wildman–Crippen LogP) is 3.69. The summed E-state index contributed by atoms with van der Waals surface area (Å²) in [5.41, 5.74) is 0.582. The standard InChI is InChI=1S/C17H15BrF2N2O/c18-13-5-2-1-4-12(13)17(23)22-10-8-21(9-11-22)16-14(19)6-3-7-15(16)20/h1-7H,8-11H2. The van der Waals surface area contributed by atoms with Gasteiger partial charge in [0.25, 0.3) is 5.91 Å². The van der Waals surface area contributed by atoms with Gasteiger partial charge in [0, 0.05) is 30.7 Å². The molecule has 3 nitrogen and oxygen atoms in total. The highest BCUT2D eigenvalue weighted by atomic mass is 79.9. The van der Waals surface area contributed by atoms with Crippen LogP contribution < -0.4 is 4.90 Å². The van der Waals surface area contributed by atoms with Crippen LogP contribution in [0.3, 0.4) is 0 Å². The highest BCUT2D eigenvalue weighted by Gasteiger charge is 2.26. The average molecular weight is 381 g/mol. The first-order valence-corrected chi connectivity index (χ1v) is 8.10. The van der Waals surface area contributed by atoms with Crippen molar-refractivity contribution in [1.82, 2.24) is 4.90 Å². The van der Waals surface area contributed by atoms with Crippen molar-refractivity contribution in [2.24, 2.45) is 0 Å². The van der Waals surface area contributed by atoms with Gasteiger partial charge >= 0.3 is 0 Å². The Morgan fingerprint density at radius 1 is 0.913 bits per heavy atom. The van der Waals surface area contributed by atoms with Crippen molar-refractivity contribution in [3.63, 3.8) is 0 Å². The summed E-state index contributed by atoms with van der Waals surface area (Å²) in [5, 5.41) is 0. The molecule has 1 aliphatic heterocycles. The summed E-state index contributed by atoms with van der Waals surface area (Å²) in [6.45, 7) is 1.64. The van der Waals surface area contributed by atoms with Crippen LogP contribution in [0.2, 0.25) is 0 Å². The van der Waals surface area contributed by atoms with Gasteiger partial charge in [-0.1, -0.05) is 18.2 Å². The van der Waals surface area contributed by atoms with Crippen molar-refractivity contribution >= 4 is 27.5 Å².